The van der Waals surface area contributed by atoms with Crippen LogP contribution in [0, 0.1) is 5.92 Å². The molecule has 0 aliphatic carbocycles. The lowest BCUT2D eigenvalue weighted by Crippen LogP contribution is -2.43. The topological polar surface area (TPSA) is 69.6 Å². The van der Waals surface area contributed by atoms with Crippen LogP contribution in [-0.4, -0.2) is 44.1 Å². The molecule has 1 unspecified atom stereocenters. The summed E-state index contributed by atoms with van der Waals surface area (Å²) >= 11 is 0. The van der Waals surface area contributed by atoms with Gasteiger partial charge in [-0.15, -0.1) is 0 Å². The molecule has 0 amide bonds. The fraction of sp³-hybridized carbons (Fsp3) is 1.00. The van der Waals surface area contributed by atoms with E-state index in [0.29, 0.717) is 26.1 Å². The summed E-state index contributed by atoms with van der Waals surface area (Å²) in [6, 6.07) is 0. The molecule has 108 valence electrons. The van der Waals surface area contributed by atoms with Crippen molar-refractivity contribution < 1.29 is 13.5 Å². The molecule has 0 aromatic carbocycles. The molecule has 0 aromatic rings. The molecule has 1 fully saturated rings. The van der Waals surface area contributed by atoms with Crippen LogP contribution in [0.15, 0.2) is 0 Å². The summed E-state index contributed by atoms with van der Waals surface area (Å²) in [7, 11) is -3.33. The van der Waals surface area contributed by atoms with Gasteiger partial charge in [0.15, 0.2) is 0 Å². The van der Waals surface area contributed by atoms with Crippen LogP contribution in [0.4, 0.5) is 0 Å². The second-order valence-electron chi connectivity index (χ2n) is 4.95. The highest BCUT2D eigenvalue weighted by Crippen LogP contribution is 2.13. The molecule has 2 N–H and O–H groups in total. The molecule has 0 bridgehead atoms. The fourth-order valence-electron chi connectivity index (χ4n) is 2.23. The van der Waals surface area contributed by atoms with Crippen LogP contribution in [0.25, 0.3) is 0 Å². The van der Waals surface area contributed by atoms with Gasteiger partial charge in [-0.1, -0.05) is 26.2 Å². The van der Waals surface area contributed by atoms with E-state index in [4.69, 9.17) is 5.11 Å². The quantitative estimate of drug-likeness (QED) is 0.733. The van der Waals surface area contributed by atoms with Crippen molar-refractivity contribution in [2.75, 3.05) is 26.2 Å². The van der Waals surface area contributed by atoms with Crippen molar-refractivity contribution in [3.63, 3.8) is 0 Å². The van der Waals surface area contributed by atoms with Gasteiger partial charge in [-0.2, -0.15) is 12.7 Å². The number of hydrogen-bond donors (Lipinski definition) is 2. The van der Waals surface area contributed by atoms with E-state index < -0.39 is 10.2 Å². The Kier molecular flexibility index (Phi) is 7.14. The van der Waals surface area contributed by atoms with E-state index in [1.54, 1.807) is 4.31 Å². The molecule has 1 atom stereocenters. The maximum Gasteiger partial charge on any atom is 0.279 e. The second-order valence-corrected chi connectivity index (χ2v) is 6.71. The molecular weight excluding hydrogens is 252 g/mol. The molecular formula is C12H26N2O3S. The van der Waals surface area contributed by atoms with Crippen molar-refractivity contribution >= 4 is 10.2 Å². The van der Waals surface area contributed by atoms with E-state index >= 15 is 0 Å². The third-order valence-corrected chi connectivity index (χ3v) is 5.15. The maximum atomic E-state index is 12.1. The predicted molar refractivity (Wildman–Crippen MR) is 72.4 cm³/mol. The van der Waals surface area contributed by atoms with E-state index in [1.807, 2.05) is 6.92 Å². The van der Waals surface area contributed by atoms with Gasteiger partial charge < -0.3 is 5.11 Å². The maximum absolute atomic E-state index is 12.1. The zero-order valence-electron chi connectivity index (χ0n) is 11.3. The summed E-state index contributed by atoms with van der Waals surface area (Å²) in [5.74, 6) is 0.219. The summed E-state index contributed by atoms with van der Waals surface area (Å²) in [6.07, 6.45) is 5.67. The largest absolute Gasteiger partial charge is 0.396 e. The summed E-state index contributed by atoms with van der Waals surface area (Å²) < 4.78 is 28.5. The molecule has 1 saturated heterocycles. The summed E-state index contributed by atoms with van der Waals surface area (Å²) in [5, 5.41) is 8.90. The summed E-state index contributed by atoms with van der Waals surface area (Å²) in [6.45, 7) is 3.82. The van der Waals surface area contributed by atoms with Gasteiger partial charge >= 0.3 is 0 Å². The third kappa shape index (κ3) is 5.22. The fourth-order valence-corrected chi connectivity index (χ4v) is 3.60. The summed E-state index contributed by atoms with van der Waals surface area (Å²) in [4.78, 5) is 0. The SMILES string of the molecule is CCC(CCO)CNS(=O)(=O)N1CCCCCC1. The Balaban J connectivity index is 2.47. The van der Waals surface area contributed by atoms with Gasteiger partial charge in [-0.3, -0.25) is 0 Å². The van der Waals surface area contributed by atoms with Crippen LogP contribution >= 0.6 is 0 Å². The van der Waals surface area contributed by atoms with Crippen LogP contribution < -0.4 is 4.72 Å². The first-order chi connectivity index (χ1) is 8.60. The Morgan fingerprint density at radius 3 is 2.33 bits per heavy atom. The van der Waals surface area contributed by atoms with Gasteiger partial charge in [0.2, 0.25) is 0 Å². The average Bonchev–Trinajstić information content (AvgIpc) is 2.63. The molecule has 1 rings (SSSR count). The van der Waals surface area contributed by atoms with E-state index in [9.17, 15) is 8.42 Å². The van der Waals surface area contributed by atoms with Crippen molar-refractivity contribution in [2.45, 2.75) is 45.4 Å². The third-order valence-electron chi connectivity index (χ3n) is 3.57. The van der Waals surface area contributed by atoms with Crippen molar-refractivity contribution in [2.24, 2.45) is 5.92 Å². The predicted octanol–water partition coefficient (Wildman–Crippen LogP) is 1.11. The van der Waals surface area contributed by atoms with Crippen LogP contribution in [0.2, 0.25) is 0 Å². The zero-order valence-corrected chi connectivity index (χ0v) is 12.1. The van der Waals surface area contributed by atoms with Gasteiger partial charge in [0.05, 0.1) is 0 Å². The Bertz CT molecular complexity index is 311. The molecule has 0 aromatic heterocycles. The minimum atomic E-state index is -3.33. The highest BCUT2D eigenvalue weighted by atomic mass is 32.2. The molecule has 1 aliphatic heterocycles. The lowest BCUT2D eigenvalue weighted by molar-refractivity contribution is 0.254. The van der Waals surface area contributed by atoms with Crippen molar-refractivity contribution in [1.82, 2.24) is 9.03 Å². The van der Waals surface area contributed by atoms with E-state index in [1.165, 1.54) is 0 Å². The standard InChI is InChI=1S/C12H26N2O3S/c1-2-12(7-10-15)11-13-18(16,17)14-8-5-3-4-6-9-14/h12-13,15H,2-11H2,1H3. The molecule has 0 spiro atoms. The Labute approximate surface area is 111 Å². The Hall–Kier alpha value is -0.170. The van der Waals surface area contributed by atoms with Gasteiger partial charge in [-0.25, -0.2) is 4.72 Å². The van der Waals surface area contributed by atoms with Crippen molar-refractivity contribution in [3.8, 4) is 0 Å². The van der Waals surface area contributed by atoms with Gasteiger partial charge in [0, 0.05) is 26.2 Å². The molecule has 1 aliphatic rings. The number of aliphatic hydroxyl groups excluding tert-OH is 1. The van der Waals surface area contributed by atoms with Gasteiger partial charge in [0.1, 0.15) is 0 Å². The van der Waals surface area contributed by atoms with E-state index in [-0.39, 0.29) is 12.5 Å². The van der Waals surface area contributed by atoms with E-state index in [2.05, 4.69) is 4.72 Å². The minimum Gasteiger partial charge on any atom is -0.396 e. The van der Waals surface area contributed by atoms with Crippen LogP contribution in [0.5, 0.6) is 0 Å². The smallest absolute Gasteiger partial charge is 0.279 e. The van der Waals surface area contributed by atoms with Gasteiger partial charge in [-0.05, 0) is 25.2 Å². The van der Waals surface area contributed by atoms with Crippen LogP contribution in [0.3, 0.4) is 0 Å². The van der Waals surface area contributed by atoms with Crippen LogP contribution in [0.1, 0.15) is 45.4 Å². The number of nitrogens with one attached hydrogen (secondary N) is 1. The number of nitrogens with zero attached hydrogens (tertiary/aromatic N) is 1. The molecule has 0 radical (unpaired) electrons. The van der Waals surface area contributed by atoms with Crippen molar-refractivity contribution in [1.29, 1.82) is 0 Å². The first kappa shape index (κ1) is 15.9. The van der Waals surface area contributed by atoms with E-state index in [0.717, 1.165) is 32.1 Å². The average molecular weight is 278 g/mol. The summed E-state index contributed by atoms with van der Waals surface area (Å²) in [5.41, 5.74) is 0. The first-order valence-corrected chi connectivity index (χ1v) is 8.39. The molecule has 5 nitrogen and oxygen atoms in total. The normalized spacial score (nSPS) is 20.6. The lowest BCUT2D eigenvalue weighted by Gasteiger charge is -2.22. The van der Waals surface area contributed by atoms with Gasteiger partial charge in [0.25, 0.3) is 10.2 Å². The zero-order chi connectivity index (χ0) is 13.4. The molecule has 0 saturated carbocycles. The highest BCUT2D eigenvalue weighted by Gasteiger charge is 2.23. The molecule has 18 heavy (non-hydrogen) atoms. The Morgan fingerprint density at radius 1 is 1.22 bits per heavy atom. The Morgan fingerprint density at radius 2 is 1.83 bits per heavy atom. The van der Waals surface area contributed by atoms with Crippen LogP contribution in [-0.2, 0) is 10.2 Å². The number of aliphatic hydroxyl groups is 1. The monoisotopic (exact) mass is 278 g/mol. The minimum absolute atomic E-state index is 0.115. The highest BCUT2D eigenvalue weighted by molar-refractivity contribution is 7.87. The van der Waals surface area contributed by atoms with Crippen molar-refractivity contribution in [3.05, 3.63) is 0 Å². The molecule has 1 heterocycles. The second kappa shape index (κ2) is 8.09. The number of rotatable bonds is 7. The first-order valence-electron chi connectivity index (χ1n) is 6.95. The number of hydrogen-bond acceptors (Lipinski definition) is 3. The molecule has 6 heteroatoms. The lowest BCUT2D eigenvalue weighted by atomic mass is 10.0.